The molecule has 2 aromatic rings. The summed E-state index contributed by atoms with van der Waals surface area (Å²) in [5.74, 6) is -3.83. The van der Waals surface area contributed by atoms with E-state index < -0.39 is 18.1 Å². The van der Waals surface area contributed by atoms with E-state index in [-0.39, 0.29) is 5.69 Å². The lowest BCUT2D eigenvalue weighted by Crippen LogP contribution is -2.21. The molecule has 112 valence electrons. The van der Waals surface area contributed by atoms with Gasteiger partial charge in [0, 0.05) is 0 Å². The molecule has 10 heteroatoms. The third-order valence-corrected chi connectivity index (χ3v) is 1.98. The highest BCUT2D eigenvalue weighted by Crippen LogP contribution is 2.13. The molecule has 2 N–H and O–H groups in total. The largest absolute Gasteiger partial charge is 0.490 e. The average molecular weight is 303 g/mol. The van der Waals surface area contributed by atoms with E-state index in [1.807, 2.05) is 30.3 Å². The van der Waals surface area contributed by atoms with E-state index in [9.17, 15) is 18.0 Å². The highest BCUT2D eigenvalue weighted by Gasteiger charge is 2.38. The third-order valence-electron chi connectivity index (χ3n) is 1.98. The van der Waals surface area contributed by atoms with Crippen molar-refractivity contribution in [3.63, 3.8) is 0 Å². The van der Waals surface area contributed by atoms with Gasteiger partial charge in [-0.3, -0.25) is 0 Å². The van der Waals surface area contributed by atoms with Gasteiger partial charge >= 0.3 is 18.1 Å². The summed E-state index contributed by atoms with van der Waals surface area (Å²) in [5, 5.41) is 23.0. The number of alkyl halides is 3. The van der Waals surface area contributed by atoms with Gasteiger partial charge in [-0.25, -0.2) is 14.3 Å². The van der Waals surface area contributed by atoms with Gasteiger partial charge in [-0.05, 0) is 12.1 Å². The first-order valence-corrected chi connectivity index (χ1v) is 5.23. The molecule has 0 saturated carbocycles. The zero-order valence-corrected chi connectivity index (χ0v) is 10.2. The molecule has 0 fully saturated rings. The summed E-state index contributed by atoms with van der Waals surface area (Å²) in [7, 11) is 0. The van der Waals surface area contributed by atoms with Gasteiger partial charge in [0.2, 0.25) is 0 Å². The van der Waals surface area contributed by atoms with Crippen molar-refractivity contribution >= 4 is 11.9 Å². The summed E-state index contributed by atoms with van der Waals surface area (Å²) >= 11 is 0. The molecule has 0 saturated heterocycles. The van der Waals surface area contributed by atoms with Crippen molar-refractivity contribution in [1.82, 2.24) is 15.0 Å². The van der Waals surface area contributed by atoms with E-state index in [4.69, 9.17) is 15.0 Å². The number of halogens is 3. The Morgan fingerprint density at radius 2 is 1.62 bits per heavy atom. The summed E-state index contributed by atoms with van der Waals surface area (Å²) < 4.78 is 33.2. The molecule has 1 aromatic carbocycles. The Kier molecular flexibility index (Phi) is 5.00. The van der Waals surface area contributed by atoms with Crippen molar-refractivity contribution in [2.24, 2.45) is 0 Å². The molecular weight excluding hydrogens is 295 g/mol. The van der Waals surface area contributed by atoms with Crippen LogP contribution in [0.15, 0.2) is 36.5 Å². The second-order valence-electron chi connectivity index (χ2n) is 3.49. The van der Waals surface area contributed by atoms with Gasteiger partial charge in [-0.2, -0.15) is 13.2 Å². The maximum Gasteiger partial charge on any atom is 0.490 e. The zero-order valence-electron chi connectivity index (χ0n) is 10.2. The van der Waals surface area contributed by atoms with E-state index >= 15 is 0 Å². The number of rotatable bonds is 2. The first kappa shape index (κ1) is 16.1. The number of carboxylic acids is 2. The lowest BCUT2D eigenvalue weighted by atomic mass is 10.3. The fourth-order valence-corrected chi connectivity index (χ4v) is 1.07. The van der Waals surface area contributed by atoms with Crippen LogP contribution in [0.3, 0.4) is 0 Å². The fourth-order valence-electron chi connectivity index (χ4n) is 1.07. The molecular formula is C11H8F3N3O4. The quantitative estimate of drug-likeness (QED) is 0.873. The van der Waals surface area contributed by atoms with Crippen molar-refractivity contribution in [3.05, 3.63) is 42.2 Å². The summed E-state index contributed by atoms with van der Waals surface area (Å²) in [5.41, 5.74) is 0.723. The Hall–Kier alpha value is -2.91. The monoisotopic (exact) mass is 303 g/mol. The van der Waals surface area contributed by atoms with Crippen LogP contribution in [-0.4, -0.2) is 43.3 Å². The van der Waals surface area contributed by atoms with Gasteiger partial charge in [0.05, 0.1) is 11.9 Å². The minimum absolute atomic E-state index is 0.0612. The van der Waals surface area contributed by atoms with Crippen molar-refractivity contribution in [2.75, 3.05) is 0 Å². The molecule has 0 aliphatic carbocycles. The van der Waals surface area contributed by atoms with Crippen LogP contribution in [0.2, 0.25) is 0 Å². The molecule has 1 aromatic heterocycles. The molecule has 0 amide bonds. The van der Waals surface area contributed by atoms with Gasteiger partial charge in [0.25, 0.3) is 0 Å². The number of carboxylic acid groups (broad SMARTS) is 2. The van der Waals surface area contributed by atoms with Crippen molar-refractivity contribution in [1.29, 1.82) is 0 Å². The van der Waals surface area contributed by atoms with Crippen LogP contribution in [0.5, 0.6) is 0 Å². The molecule has 1 heterocycles. The Labute approximate surface area is 115 Å². The second-order valence-corrected chi connectivity index (χ2v) is 3.49. The topological polar surface area (TPSA) is 105 Å². The third kappa shape index (κ3) is 4.93. The number of carbonyl (C=O) groups is 2. The summed E-state index contributed by atoms with van der Waals surface area (Å²) in [6.45, 7) is 0. The number of hydrogen-bond donors (Lipinski definition) is 2. The Balaban J connectivity index is 0.000000270. The highest BCUT2D eigenvalue weighted by atomic mass is 19.4. The standard InChI is InChI=1S/C9H7N3O2.C2HF3O2/c13-9(14)8-6-12(11-10-8)7-4-2-1-3-5-7;3-2(4,5)1(6)7/h1-6H,(H,13,14);(H,6,7). The predicted molar refractivity (Wildman–Crippen MR) is 62.0 cm³/mol. The van der Waals surface area contributed by atoms with Crippen molar-refractivity contribution in [3.8, 4) is 5.69 Å². The van der Waals surface area contributed by atoms with Gasteiger partial charge < -0.3 is 10.2 Å². The first-order chi connectivity index (χ1) is 9.71. The number of hydrogen-bond acceptors (Lipinski definition) is 4. The van der Waals surface area contributed by atoms with E-state index in [1.54, 1.807) is 0 Å². The predicted octanol–water partition coefficient (Wildman–Crippen LogP) is 1.60. The van der Waals surface area contributed by atoms with Crippen LogP contribution in [0.4, 0.5) is 13.2 Å². The first-order valence-electron chi connectivity index (χ1n) is 5.23. The van der Waals surface area contributed by atoms with Gasteiger partial charge in [-0.15, -0.1) is 5.10 Å². The molecule has 0 atom stereocenters. The molecule has 0 spiro atoms. The maximum atomic E-state index is 10.6. The Morgan fingerprint density at radius 1 is 1.10 bits per heavy atom. The Bertz CT molecular complexity index is 625. The minimum atomic E-state index is -5.08. The van der Waals surface area contributed by atoms with Crippen LogP contribution < -0.4 is 0 Å². The molecule has 0 radical (unpaired) electrons. The SMILES string of the molecule is O=C(O)C(F)(F)F.O=C(O)c1cn(-c2ccccc2)nn1. The number of aromatic nitrogens is 3. The van der Waals surface area contributed by atoms with Crippen LogP contribution in [0.25, 0.3) is 5.69 Å². The van der Waals surface area contributed by atoms with Gasteiger partial charge in [0.15, 0.2) is 5.69 Å². The number of aliphatic carboxylic acids is 1. The highest BCUT2D eigenvalue weighted by molar-refractivity contribution is 5.84. The molecule has 2 rings (SSSR count). The maximum absolute atomic E-state index is 10.6. The van der Waals surface area contributed by atoms with Gasteiger partial charge in [-0.1, -0.05) is 23.4 Å². The summed E-state index contributed by atoms with van der Waals surface area (Å²) in [4.78, 5) is 19.4. The van der Waals surface area contributed by atoms with E-state index in [0.29, 0.717) is 0 Å². The Morgan fingerprint density at radius 3 is 2.00 bits per heavy atom. The number of aromatic carboxylic acids is 1. The van der Waals surface area contributed by atoms with E-state index in [0.717, 1.165) is 5.69 Å². The second kappa shape index (κ2) is 6.50. The summed E-state index contributed by atoms with van der Waals surface area (Å²) in [6, 6.07) is 9.20. The van der Waals surface area contributed by atoms with Crippen LogP contribution in [-0.2, 0) is 4.79 Å². The lowest BCUT2D eigenvalue weighted by Gasteiger charge is -1.96. The smallest absolute Gasteiger partial charge is 0.476 e. The molecule has 21 heavy (non-hydrogen) atoms. The zero-order chi connectivity index (χ0) is 16.0. The van der Waals surface area contributed by atoms with Gasteiger partial charge in [0.1, 0.15) is 0 Å². The lowest BCUT2D eigenvalue weighted by molar-refractivity contribution is -0.192. The molecule has 7 nitrogen and oxygen atoms in total. The molecule has 0 aliphatic rings. The van der Waals surface area contributed by atoms with Crippen molar-refractivity contribution < 1.29 is 33.0 Å². The molecule has 0 aliphatic heterocycles. The minimum Gasteiger partial charge on any atom is -0.476 e. The van der Waals surface area contributed by atoms with Crippen molar-refractivity contribution in [2.45, 2.75) is 6.18 Å². The summed E-state index contributed by atoms with van der Waals surface area (Å²) in [6.07, 6.45) is -3.71. The van der Waals surface area contributed by atoms with Crippen LogP contribution >= 0.6 is 0 Å². The normalized spacial score (nSPS) is 10.4. The molecule has 0 bridgehead atoms. The fraction of sp³-hybridized carbons (Fsp3) is 0.0909. The molecule has 0 unspecified atom stereocenters. The van der Waals surface area contributed by atoms with Crippen LogP contribution in [0, 0.1) is 0 Å². The van der Waals surface area contributed by atoms with E-state index in [2.05, 4.69) is 10.3 Å². The number of benzene rings is 1. The number of nitrogens with zero attached hydrogens (tertiary/aromatic N) is 3. The average Bonchev–Trinajstić information content (AvgIpc) is 2.89. The number of para-hydroxylation sites is 1. The van der Waals surface area contributed by atoms with E-state index in [1.165, 1.54) is 10.9 Å². The van der Waals surface area contributed by atoms with Crippen LogP contribution in [0.1, 0.15) is 10.5 Å².